The van der Waals surface area contributed by atoms with Crippen molar-refractivity contribution in [2.24, 2.45) is 17.2 Å². The number of anilines is 1. The molecule has 208 valence electrons. The standard InChI is InChI=1S/C25H32ClF3N6O3/c26-17-7-9-20(18(14-17)25(27,28)29)33-24(38)21(8-6-16-4-2-1-3-5-16)34-23(37)19(32)15-22(36)35(12-10-30)13-11-31/h1-5,7,9,14,19,21H,6,8,10-13,15,30-32H2,(H,33,38)(H,34,37)/t19-,21-/m0/s1. The number of benzene rings is 2. The first-order chi connectivity index (χ1) is 18.0. The summed E-state index contributed by atoms with van der Waals surface area (Å²) >= 11 is 5.72. The molecule has 0 aliphatic heterocycles. The number of nitrogens with one attached hydrogen (secondary N) is 2. The van der Waals surface area contributed by atoms with Gasteiger partial charge in [-0.05, 0) is 36.6 Å². The molecule has 9 nitrogen and oxygen atoms in total. The van der Waals surface area contributed by atoms with Gasteiger partial charge in [0.05, 0.1) is 23.7 Å². The number of aryl methyl sites for hydroxylation is 1. The predicted octanol–water partition coefficient (Wildman–Crippen LogP) is 1.88. The minimum Gasteiger partial charge on any atom is -0.343 e. The molecule has 0 spiro atoms. The number of hydrogen-bond acceptors (Lipinski definition) is 6. The minimum absolute atomic E-state index is 0.0592. The molecule has 0 aliphatic rings. The highest BCUT2D eigenvalue weighted by molar-refractivity contribution is 6.30. The van der Waals surface area contributed by atoms with E-state index in [1.54, 1.807) is 12.1 Å². The van der Waals surface area contributed by atoms with Crippen molar-refractivity contribution in [2.75, 3.05) is 31.5 Å². The molecule has 0 fully saturated rings. The summed E-state index contributed by atoms with van der Waals surface area (Å²) in [4.78, 5) is 39.8. The molecular weight excluding hydrogens is 525 g/mol. The summed E-state index contributed by atoms with van der Waals surface area (Å²) in [5.74, 6) is -2.13. The van der Waals surface area contributed by atoms with E-state index in [-0.39, 0.29) is 44.0 Å². The van der Waals surface area contributed by atoms with Gasteiger partial charge in [0.15, 0.2) is 0 Å². The van der Waals surface area contributed by atoms with Crippen LogP contribution in [-0.2, 0) is 27.0 Å². The number of carbonyl (C=O) groups excluding carboxylic acids is 3. The van der Waals surface area contributed by atoms with E-state index in [1.807, 2.05) is 18.2 Å². The predicted molar refractivity (Wildman–Crippen MR) is 139 cm³/mol. The molecule has 3 amide bonds. The Kier molecular flexibility index (Phi) is 12.0. The number of rotatable bonds is 13. The lowest BCUT2D eigenvalue weighted by Crippen LogP contribution is -2.52. The Morgan fingerprint density at radius 3 is 2.18 bits per heavy atom. The number of alkyl halides is 3. The summed E-state index contributed by atoms with van der Waals surface area (Å²) in [5.41, 5.74) is 16.2. The molecule has 0 heterocycles. The molecule has 2 rings (SSSR count). The van der Waals surface area contributed by atoms with Crippen molar-refractivity contribution in [1.82, 2.24) is 10.2 Å². The van der Waals surface area contributed by atoms with E-state index in [0.29, 0.717) is 12.5 Å². The van der Waals surface area contributed by atoms with Crippen LogP contribution in [0.25, 0.3) is 0 Å². The number of nitrogens with two attached hydrogens (primary N) is 3. The second kappa shape index (κ2) is 14.7. The van der Waals surface area contributed by atoms with Crippen LogP contribution in [0.1, 0.15) is 24.0 Å². The molecule has 2 aromatic carbocycles. The van der Waals surface area contributed by atoms with Crippen molar-refractivity contribution in [1.29, 1.82) is 0 Å². The maximum absolute atomic E-state index is 13.5. The van der Waals surface area contributed by atoms with Gasteiger partial charge in [-0.3, -0.25) is 14.4 Å². The van der Waals surface area contributed by atoms with Crippen LogP contribution in [0.15, 0.2) is 48.5 Å². The summed E-state index contributed by atoms with van der Waals surface area (Å²) < 4.78 is 40.5. The fourth-order valence-electron chi connectivity index (χ4n) is 3.67. The normalized spacial score (nSPS) is 12.9. The van der Waals surface area contributed by atoms with Gasteiger partial charge in [0.1, 0.15) is 6.04 Å². The monoisotopic (exact) mass is 556 g/mol. The molecule has 0 aromatic heterocycles. The van der Waals surface area contributed by atoms with Crippen LogP contribution in [0, 0.1) is 0 Å². The van der Waals surface area contributed by atoms with Gasteiger partial charge in [-0.2, -0.15) is 13.2 Å². The van der Waals surface area contributed by atoms with Crippen molar-refractivity contribution < 1.29 is 27.6 Å². The van der Waals surface area contributed by atoms with E-state index in [4.69, 9.17) is 28.8 Å². The van der Waals surface area contributed by atoms with Gasteiger partial charge in [-0.15, -0.1) is 0 Å². The van der Waals surface area contributed by atoms with Gasteiger partial charge in [0.25, 0.3) is 0 Å². The highest BCUT2D eigenvalue weighted by Gasteiger charge is 2.35. The molecule has 0 aliphatic carbocycles. The summed E-state index contributed by atoms with van der Waals surface area (Å²) in [6.07, 6.45) is -4.75. The summed E-state index contributed by atoms with van der Waals surface area (Å²) in [6, 6.07) is 9.40. The zero-order chi connectivity index (χ0) is 28.3. The molecule has 13 heteroatoms. The van der Waals surface area contributed by atoms with Crippen LogP contribution in [0.3, 0.4) is 0 Å². The lowest BCUT2D eigenvalue weighted by molar-refractivity contribution is -0.137. The Hall–Kier alpha value is -3.19. The molecule has 2 atom stereocenters. The van der Waals surface area contributed by atoms with Crippen molar-refractivity contribution in [3.63, 3.8) is 0 Å². The number of carbonyl (C=O) groups is 3. The Labute approximate surface area is 223 Å². The first kappa shape index (κ1) is 31.0. The van der Waals surface area contributed by atoms with Crippen molar-refractivity contribution in [3.05, 3.63) is 64.7 Å². The first-order valence-corrected chi connectivity index (χ1v) is 12.3. The third-order valence-electron chi connectivity index (χ3n) is 5.62. The molecule has 0 saturated carbocycles. The Morgan fingerprint density at radius 1 is 0.974 bits per heavy atom. The Bertz CT molecular complexity index is 1080. The third-order valence-corrected chi connectivity index (χ3v) is 5.86. The number of hydrogen-bond donors (Lipinski definition) is 5. The third kappa shape index (κ3) is 9.60. The lowest BCUT2D eigenvalue weighted by Gasteiger charge is -2.24. The second-order valence-electron chi connectivity index (χ2n) is 8.53. The zero-order valence-electron chi connectivity index (χ0n) is 20.6. The maximum Gasteiger partial charge on any atom is 0.418 e. The second-order valence-corrected chi connectivity index (χ2v) is 8.97. The quantitative estimate of drug-likeness (QED) is 0.253. The average Bonchev–Trinajstić information content (AvgIpc) is 2.87. The van der Waals surface area contributed by atoms with Crippen molar-refractivity contribution in [3.8, 4) is 0 Å². The summed E-state index contributed by atoms with van der Waals surface area (Å²) in [7, 11) is 0. The van der Waals surface area contributed by atoms with Crippen LogP contribution >= 0.6 is 11.6 Å². The van der Waals surface area contributed by atoms with Crippen LogP contribution in [0.2, 0.25) is 5.02 Å². The summed E-state index contributed by atoms with van der Waals surface area (Å²) in [5, 5.41) is 4.57. The van der Waals surface area contributed by atoms with Gasteiger partial charge in [0, 0.05) is 31.2 Å². The fourth-order valence-corrected chi connectivity index (χ4v) is 3.84. The van der Waals surface area contributed by atoms with Gasteiger partial charge in [-0.1, -0.05) is 41.9 Å². The SMILES string of the molecule is NCCN(CCN)C(=O)C[C@H](N)C(=O)N[C@@H](CCc1ccccc1)C(=O)Nc1ccc(Cl)cc1C(F)(F)F. The van der Waals surface area contributed by atoms with Gasteiger partial charge >= 0.3 is 6.18 Å². The Morgan fingerprint density at radius 2 is 1.61 bits per heavy atom. The minimum atomic E-state index is -4.78. The molecule has 0 unspecified atom stereocenters. The molecule has 8 N–H and O–H groups in total. The average molecular weight is 557 g/mol. The molecule has 38 heavy (non-hydrogen) atoms. The van der Waals surface area contributed by atoms with E-state index in [0.717, 1.165) is 11.6 Å². The number of amides is 3. The van der Waals surface area contributed by atoms with E-state index in [2.05, 4.69) is 10.6 Å². The molecule has 0 radical (unpaired) electrons. The topological polar surface area (TPSA) is 157 Å². The van der Waals surface area contributed by atoms with E-state index >= 15 is 0 Å². The maximum atomic E-state index is 13.5. The summed E-state index contributed by atoms with van der Waals surface area (Å²) in [6.45, 7) is 0.850. The molecule has 2 aromatic rings. The van der Waals surface area contributed by atoms with E-state index in [1.165, 1.54) is 11.0 Å². The largest absolute Gasteiger partial charge is 0.418 e. The number of nitrogens with zero attached hydrogens (tertiary/aromatic N) is 1. The zero-order valence-corrected chi connectivity index (χ0v) is 21.4. The van der Waals surface area contributed by atoms with E-state index in [9.17, 15) is 27.6 Å². The van der Waals surface area contributed by atoms with Crippen LogP contribution in [-0.4, -0.2) is 60.9 Å². The highest BCUT2D eigenvalue weighted by Crippen LogP contribution is 2.36. The molecular formula is C25H32ClF3N6O3. The van der Waals surface area contributed by atoms with Crippen LogP contribution in [0.4, 0.5) is 18.9 Å². The van der Waals surface area contributed by atoms with Crippen LogP contribution < -0.4 is 27.8 Å². The van der Waals surface area contributed by atoms with Crippen LogP contribution in [0.5, 0.6) is 0 Å². The van der Waals surface area contributed by atoms with Gasteiger partial charge in [0.2, 0.25) is 17.7 Å². The lowest BCUT2D eigenvalue weighted by atomic mass is 10.0. The van der Waals surface area contributed by atoms with E-state index < -0.39 is 47.2 Å². The Balaban J connectivity index is 2.20. The smallest absolute Gasteiger partial charge is 0.343 e. The number of halogens is 4. The van der Waals surface area contributed by atoms with Crippen molar-refractivity contribution >= 4 is 35.0 Å². The fraction of sp³-hybridized carbons (Fsp3) is 0.400. The highest BCUT2D eigenvalue weighted by atomic mass is 35.5. The molecule has 0 saturated heterocycles. The van der Waals surface area contributed by atoms with Crippen molar-refractivity contribution in [2.45, 2.75) is 37.5 Å². The first-order valence-electron chi connectivity index (χ1n) is 11.9. The molecule has 0 bridgehead atoms. The van der Waals surface area contributed by atoms with Gasteiger partial charge in [-0.25, -0.2) is 0 Å². The van der Waals surface area contributed by atoms with Gasteiger partial charge < -0.3 is 32.7 Å².